The fourth-order valence-electron chi connectivity index (χ4n) is 1.48. The van der Waals surface area contributed by atoms with Crippen LogP contribution in [0.5, 0.6) is 0 Å². The molecule has 1 amide bonds. The van der Waals surface area contributed by atoms with E-state index in [1.807, 2.05) is 0 Å². The molecule has 0 bridgehead atoms. The second-order valence-electron chi connectivity index (χ2n) is 3.15. The molecule has 6 heteroatoms. The first-order valence-corrected chi connectivity index (χ1v) is 4.70. The van der Waals surface area contributed by atoms with E-state index in [1.165, 1.54) is 19.2 Å². The number of ketones is 1. The SMILES string of the molecule is COC(=O)c1cc(Cl)cc2c1NC(=O)C2=O. The van der Waals surface area contributed by atoms with Crippen LogP contribution >= 0.6 is 11.6 Å². The minimum atomic E-state index is -0.776. The van der Waals surface area contributed by atoms with Crippen molar-refractivity contribution >= 4 is 34.9 Å². The average Bonchev–Trinajstić information content (AvgIpc) is 2.54. The maximum Gasteiger partial charge on any atom is 0.340 e. The lowest BCUT2D eigenvalue weighted by molar-refractivity contribution is -0.112. The molecule has 16 heavy (non-hydrogen) atoms. The van der Waals surface area contributed by atoms with Gasteiger partial charge in [-0.25, -0.2) is 4.79 Å². The summed E-state index contributed by atoms with van der Waals surface area (Å²) in [7, 11) is 1.20. The van der Waals surface area contributed by atoms with Crippen molar-refractivity contribution in [1.82, 2.24) is 0 Å². The highest BCUT2D eigenvalue weighted by molar-refractivity contribution is 6.52. The lowest BCUT2D eigenvalue weighted by atomic mass is 10.1. The van der Waals surface area contributed by atoms with E-state index >= 15 is 0 Å². The third-order valence-corrected chi connectivity index (χ3v) is 2.42. The average molecular weight is 240 g/mol. The van der Waals surface area contributed by atoms with E-state index in [4.69, 9.17) is 11.6 Å². The van der Waals surface area contributed by atoms with E-state index in [9.17, 15) is 14.4 Å². The Bertz CT molecular complexity index is 524. The Morgan fingerprint density at radius 2 is 2.06 bits per heavy atom. The third kappa shape index (κ3) is 1.45. The van der Waals surface area contributed by atoms with Gasteiger partial charge in [-0.3, -0.25) is 9.59 Å². The number of Topliss-reactive ketones (excluding diaryl/α,β-unsaturated/α-hetero) is 1. The number of ether oxygens (including phenoxy) is 1. The molecule has 0 atom stereocenters. The Morgan fingerprint density at radius 1 is 1.38 bits per heavy atom. The molecule has 0 aromatic heterocycles. The topological polar surface area (TPSA) is 72.5 Å². The van der Waals surface area contributed by atoms with Crippen molar-refractivity contribution in [3.63, 3.8) is 0 Å². The summed E-state index contributed by atoms with van der Waals surface area (Å²) in [6, 6.07) is 2.68. The number of carbonyl (C=O) groups is 3. The van der Waals surface area contributed by atoms with Gasteiger partial charge in [0.2, 0.25) is 0 Å². The first kappa shape index (κ1) is 10.6. The molecule has 1 aromatic rings. The lowest BCUT2D eigenvalue weighted by Gasteiger charge is -2.05. The molecule has 0 saturated carbocycles. The molecule has 0 unspecified atom stereocenters. The molecular weight excluding hydrogens is 234 g/mol. The summed E-state index contributed by atoms with van der Waals surface area (Å²) in [5.41, 5.74) is 0.327. The minimum absolute atomic E-state index is 0.0733. The Balaban J connectivity index is 2.66. The van der Waals surface area contributed by atoms with Crippen LogP contribution in [0, 0.1) is 0 Å². The molecule has 0 fully saturated rings. The second-order valence-corrected chi connectivity index (χ2v) is 3.59. The number of rotatable bonds is 1. The molecular formula is C10H6ClNO4. The summed E-state index contributed by atoms with van der Waals surface area (Å²) < 4.78 is 4.53. The van der Waals surface area contributed by atoms with Crippen LogP contribution in [0.25, 0.3) is 0 Å². The highest BCUT2D eigenvalue weighted by atomic mass is 35.5. The van der Waals surface area contributed by atoms with Gasteiger partial charge in [0, 0.05) is 5.02 Å². The van der Waals surface area contributed by atoms with Crippen LogP contribution in [0.4, 0.5) is 5.69 Å². The maximum atomic E-state index is 11.4. The van der Waals surface area contributed by atoms with Crippen LogP contribution < -0.4 is 5.32 Å². The van der Waals surface area contributed by atoms with Gasteiger partial charge in [0.1, 0.15) is 0 Å². The van der Waals surface area contributed by atoms with Gasteiger partial charge < -0.3 is 10.1 Å². The number of anilines is 1. The number of hydrogen-bond donors (Lipinski definition) is 1. The van der Waals surface area contributed by atoms with Gasteiger partial charge in [-0.15, -0.1) is 0 Å². The van der Waals surface area contributed by atoms with Gasteiger partial charge in [0.25, 0.3) is 11.7 Å². The largest absolute Gasteiger partial charge is 0.465 e. The van der Waals surface area contributed by atoms with Crippen molar-refractivity contribution in [3.8, 4) is 0 Å². The van der Waals surface area contributed by atoms with Gasteiger partial charge in [-0.1, -0.05) is 11.6 Å². The third-order valence-electron chi connectivity index (χ3n) is 2.20. The molecule has 2 rings (SSSR count). The number of benzene rings is 1. The molecule has 1 N–H and O–H groups in total. The van der Waals surface area contributed by atoms with Crippen LogP contribution in [0.1, 0.15) is 20.7 Å². The van der Waals surface area contributed by atoms with E-state index in [-0.39, 0.29) is 21.8 Å². The quantitative estimate of drug-likeness (QED) is 0.592. The lowest BCUT2D eigenvalue weighted by Crippen LogP contribution is -2.13. The molecule has 82 valence electrons. The maximum absolute atomic E-state index is 11.4. The Morgan fingerprint density at radius 3 is 2.69 bits per heavy atom. The van der Waals surface area contributed by atoms with Crippen molar-refractivity contribution in [2.75, 3.05) is 12.4 Å². The Kier molecular flexibility index (Phi) is 2.40. The van der Waals surface area contributed by atoms with Crippen molar-refractivity contribution in [3.05, 3.63) is 28.3 Å². The molecule has 0 spiro atoms. The zero-order valence-corrected chi connectivity index (χ0v) is 8.92. The first-order chi connectivity index (χ1) is 7.54. The zero-order valence-electron chi connectivity index (χ0n) is 8.17. The minimum Gasteiger partial charge on any atom is -0.465 e. The van der Waals surface area contributed by atoms with E-state index < -0.39 is 17.7 Å². The Hall–Kier alpha value is -1.88. The standard InChI is InChI=1S/C10H6ClNO4/c1-16-10(15)6-3-4(11)2-5-7(6)12-9(14)8(5)13/h2-3H,1H3,(H,12,13,14). The summed E-state index contributed by atoms with van der Waals surface area (Å²) in [6.07, 6.45) is 0. The summed E-state index contributed by atoms with van der Waals surface area (Å²) in [5.74, 6) is -2.14. The highest BCUT2D eigenvalue weighted by Crippen LogP contribution is 2.31. The molecule has 0 radical (unpaired) electrons. The molecule has 0 aliphatic carbocycles. The van der Waals surface area contributed by atoms with E-state index in [2.05, 4.69) is 10.1 Å². The highest BCUT2D eigenvalue weighted by Gasteiger charge is 2.32. The fraction of sp³-hybridized carbons (Fsp3) is 0.100. The van der Waals surface area contributed by atoms with Gasteiger partial charge >= 0.3 is 5.97 Å². The van der Waals surface area contributed by atoms with Crippen molar-refractivity contribution in [1.29, 1.82) is 0 Å². The van der Waals surface area contributed by atoms with Crippen molar-refractivity contribution in [2.45, 2.75) is 0 Å². The van der Waals surface area contributed by atoms with Gasteiger partial charge in [0.15, 0.2) is 0 Å². The summed E-state index contributed by atoms with van der Waals surface area (Å²) in [4.78, 5) is 33.9. The number of esters is 1. The number of nitrogens with one attached hydrogen (secondary N) is 1. The summed E-state index contributed by atoms with van der Waals surface area (Å²) in [5, 5.41) is 2.51. The number of methoxy groups -OCH3 is 1. The fourth-order valence-corrected chi connectivity index (χ4v) is 1.70. The first-order valence-electron chi connectivity index (χ1n) is 4.32. The number of fused-ring (bicyclic) bond motifs is 1. The molecule has 1 aliphatic heterocycles. The number of halogens is 1. The number of hydrogen-bond acceptors (Lipinski definition) is 4. The number of amides is 1. The van der Waals surface area contributed by atoms with Gasteiger partial charge in [-0.05, 0) is 12.1 Å². The van der Waals surface area contributed by atoms with E-state index in [0.29, 0.717) is 0 Å². The van der Waals surface area contributed by atoms with Crippen LogP contribution in [0.15, 0.2) is 12.1 Å². The summed E-state index contributed by atoms with van der Waals surface area (Å²) in [6.45, 7) is 0. The van der Waals surface area contributed by atoms with Crippen LogP contribution in [0.3, 0.4) is 0 Å². The van der Waals surface area contributed by atoms with Gasteiger partial charge in [0.05, 0.1) is 23.9 Å². The summed E-state index contributed by atoms with van der Waals surface area (Å²) >= 11 is 5.74. The molecule has 1 heterocycles. The molecule has 1 aliphatic rings. The molecule has 0 saturated heterocycles. The van der Waals surface area contributed by atoms with Crippen molar-refractivity contribution in [2.24, 2.45) is 0 Å². The van der Waals surface area contributed by atoms with Gasteiger partial charge in [-0.2, -0.15) is 0 Å². The van der Waals surface area contributed by atoms with E-state index in [0.717, 1.165) is 0 Å². The normalized spacial score (nSPS) is 13.4. The zero-order chi connectivity index (χ0) is 11.9. The smallest absolute Gasteiger partial charge is 0.340 e. The molecule has 1 aromatic carbocycles. The predicted octanol–water partition coefficient (Wildman–Crippen LogP) is 1.26. The monoisotopic (exact) mass is 239 g/mol. The van der Waals surface area contributed by atoms with Crippen LogP contribution in [0.2, 0.25) is 5.02 Å². The second kappa shape index (κ2) is 3.61. The van der Waals surface area contributed by atoms with E-state index in [1.54, 1.807) is 0 Å². The predicted molar refractivity (Wildman–Crippen MR) is 55.8 cm³/mol. The number of carbonyl (C=O) groups excluding carboxylic acids is 3. The Labute approximate surface area is 95.3 Å². The molecule has 5 nitrogen and oxygen atoms in total. The van der Waals surface area contributed by atoms with Crippen LogP contribution in [-0.2, 0) is 9.53 Å². The van der Waals surface area contributed by atoms with Crippen LogP contribution in [-0.4, -0.2) is 24.8 Å². The van der Waals surface area contributed by atoms with Crippen molar-refractivity contribution < 1.29 is 19.1 Å².